The number of nitrogens with zero attached hydrogens (tertiary/aromatic N) is 2. The summed E-state index contributed by atoms with van der Waals surface area (Å²) in [7, 11) is 0. The van der Waals surface area contributed by atoms with Crippen molar-refractivity contribution in [2.24, 2.45) is 11.7 Å². The standard InChI is InChI=1S/C17H22FN3O2/c18-14-3-1-12(2-4-14)15-7-10-21(15)16(22)11-20-8-5-13(6-9-20)17(19)23/h1-4,13,15H,5-11H2,(H2,19,23). The lowest BCUT2D eigenvalue weighted by atomic mass is 9.94. The van der Waals surface area contributed by atoms with Gasteiger partial charge in [-0.2, -0.15) is 0 Å². The second-order valence-corrected chi connectivity index (χ2v) is 6.40. The predicted octanol–water partition coefficient (Wildman–Crippen LogP) is 1.30. The van der Waals surface area contributed by atoms with E-state index in [1.54, 1.807) is 12.1 Å². The number of carbonyl (C=O) groups excluding carboxylic acids is 2. The Hall–Kier alpha value is -1.95. The minimum Gasteiger partial charge on any atom is -0.369 e. The number of nitrogens with two attached hydrogens (primary N) is 1. The van der Waals surface area contributed by atoms with Crippen molar-refractivity contribution in [2.45, 2.75) is 25.3 Å². The number of halogens is 1. The van der Waals surface area contributed by atoms with E-state index in [9.17, 15) is 14.0 Å². The minimum atomic E-state index is -0.261. The van der Waals surface area contributed by atoms with Crippen molar-refractivity contribution in [2.75, 3.05) is 26.2 Å². The number of hydrogen-bond donors (Lipinski definition) is 1. The van der Waals surface area contributed by atoms with E-state index in [4.69, 9.17) is 5.73 Å². The van der Waals surface area contributed by atoms with E-state index in [-0.39, 0.29) is 29.6 Å². The second kappa shape index (κ2) is 6.66. The zero-order valence-electron chi connectivity index (χ0n) is 13.1. The Labute approximate surface area is 135 Å². The summed E-state index contributed by atoms with van der Waals surface area (Å²) in [5.41, 5.74) is 6.31. The van der Waals surface area contributed by atoms with Gasteiger partial charge in [0.1, 0.15) is 5.82 Å². The number of amides is 2. The van der Waals surface area contributed by atoms with Crippen LogP contribution in [0.3, 0.4) is 0 Å². The highest BCUT2D eigenvalue weighted by Crippen LogP contribution is 2.33. The largest absolute Gasteiger partial charge is 0.369 e. The smallest absolute Gasteiger partial charge is 0.237 e. The van der Waals surface area contributed by atoms with Gasteiger partial charge in [-0.1, -0.05) is 12.1 Å². The van der Waals surface area contributed by atoms with E-state index in [0.29, 0.717) is 6.54 Å². The fourth-order valence-electron chi connectivity index (χ4n) is 3.38. The molecule has 0 radical (unpaired) electrons. The molecular weight excluding hydrogens is 297 g/mol. The van der Waals surface area contributed by atoms with Crippen molar-refractivity contribution in [1.82, 2.24) is 9.80 Å². The lowest BCUT2D eigenvalue weighted by Gasteiger charge is -2.42. The number of primary amides is 1. The van der Waals surface area contributed by atoms with Gasteiger partial charge in [-0.25, -0.2) is 4.39 Å². The molecule has 0 aromatic heterocycles. The predicted molar refractivity (Wildman–Crippen MR) is 83.8 cm³/mol. The topological polar surface area (TPSA) is 66.6 Å². The first kappa shape index (κ1) is 15.9. The van der Waals surface area contributed by atoms with E-state index in [1.807, 2.05) is 4.90 Å². The molecule has 23 heavy (non-hydrogen) atoms. The van der Waals surface area contributed by atoms with Gasteiger partial charge in [0.15, 0.2) is 0 Å². The van der Waals surface area contributed by atoms with Gasteiger partial charge in [0, 0.05) is 12.5 Å². The lowest BCUT2D eigenvalue weighted by Crippen LogP contribution is -2.50. The SMILES string of the molecule is NC(=O)C1CCN(CC(=O)N2CCC2c2ccc(F)cc2)CC1. The molecule has 2 aliphatic rings. The summed E-state index contributed by atoms with van der Waals surface area (Å²) in [4.78, 5) is 27.6. The highest BCUT2D eigenvalue weighted by molar-refractivity contribution is 5.80. The number of likely N-dealkylation sites (tertiary alicyclic amines) is 2. The maximum Gasteiger partial charge on any atom is 0.237 e. The van der Waals surface area contributed by atoms with Crippen LogP contribution in [0.1, 0.15) is 30.9 Å². The third-order valence-corrected chi connectivity index (χ3v) is 4.94. The molecule has 1 aromatic rings. The summed E-state index contributed by atoms with van der Waals surface area (Å²) in [5.74, 6) is -0.459. The summed E-state index contributed by atoms with van der Waals surface area (Å²) in [6.45, 7) is 2.59. The second-order valence-electron chi connectivity index (χ2n) is 6.40. The van der Waals surface area contributed by atoms with Crippen LogP contribution < -0.4 is 5.73 Å². The number of rotatable bonds is 4. The van der Waals surface area contributed by atoms with Gasteiger partial charge >= 0.3 is 0 Å². The van der Waals surface area contributed by atoms with Gasteiger partial charge < -0.3 is 10.6 Å². The molecule has 0 spiro atoms. The van der Waals surface area contributed by atoms with Crippen LogP contribution in [0.5, 0.6) is 0 Å². The molecule has 3 rings (SSSR count). The van der Waals surface area contributed by atoms with Crippen molar-refractivity contribution in [1.29, 1.82) is 0 Å². The lowest BCUT2D eigenvalue weighted by molar-refractivity contribution is -0.140. The van der Waals surface area contributed by atoms with Crippen LogP contribution in [0.15, 0.2) is 24.3 Å². The number of piperidine rings is 1. The highest BCUT2D eigenvalue weighted by Gasteiger charge is 2.34. The van der Waals surface area contributed by atoms with Crippen LogP contribution in [0, 0.1) is 11.7 Å². The fourth-order valence-corrected chi connectivity index (χ4v) is 3.38. The summed E-state index contributed by atoms with van der Waals surface area (Å²) >= 11 is 0. The number of carbonyl (C=O) groups is 2. The number of benzene rings is 1. The van der Waals surface area contributed by atoms with Crippen LogP contribution in [0.25, 0.3) is 0 Å². The molecule has 124 valence electrons. The first-order chi connectivity index (χ1) is 11.0. The van der Waals surface area contributed by atoms with Crippen molar-refractivity contribution >= 4 is 11.8 Å². The molecule has 1 aromatic carbocycles. The maximum atomic E-state index is 13.0. The molecule has 6 heteroatoms. The monoisotopic (exact) mass is 319 g/mol. The fraction of sp³-hybridized carbons (Fsp3) is 0.529. The van der Waals surface area contributed by atoms with Crippen LogP contribution in [-0.2, 0) is 9.59 Å². The van der Waals surface area contributed by atoms with Crippen molar-refractivity contribution in [3.63, 3.8) is 0 Å². The van der Waals surface area contributed by atoms with Crippen molar-refractivity contribution in [3.8, 4) is 0 Å². The Morgan fingerprint density at radius 3 is 2.26 bits per heavy atom. The first-order valence-corrected chi connectivity index (χ1v) is 8.11. The molecule has 2 aliphatic heterocycles. The molecule has 2 N–H and O–H groups in total. The molecule has 2 fully saturated rings. The number of hydrogen-bond acceptors (Lipinski definition) is 3. The van der Waals surface area contributed by atoms with Crippen LogP contribution in [0.2, 0.25) is 0 Å². The summed E-state index contributed by atoms with van der Waals surface area (Å²) in [5, 5.41) is 0. The quantitative estimate of drug-likeness (QED) is 0.909. The Balaban J connectivity index is 1.53. The van der Waals surface area contributed by atoms with Crippen molar-refractivity contribution in [3.05, 3.63) is 35.6 Å². The van der Waals surface area contributed by atoms with Gasteiger partial charge in [0.2, 0.25) is 11.8 Å². The summed E-state index contributed by atoms with van der Waals surface area (Å²) in [6, 6.07) is 6.43. The highest BCUT2D eigenvalue weighted by atomic mass is 19.1. The maximum absolute atomic E-state index is 13.0. The van der Waals surface area contributed by atoms with Crippen LogP contribution >= 0.6 is 0 Å². The Morgan fingerprint density at radius 1 is 1.09 bits per heavy atom. The Kier molecular flexibility index (Phi) is 4.61. The molecule has 0 saturated carbocycles. The molecule has 1 unspecified atom stereocenters. The van der Waals surface area contributed by atoms with Gasteiger partial charge in [0.05, 0.1) is 12.6 Å². The molecule has 5 nitrogen and oxygen atoms in total. The van der Waals surface area contributed by atoms with Crippen molar-refractivity contribution < 1.29 is 14.0 Å². The van der Waals surface area contributed by atoms with Crippen LogP contribution in [-0.4, -0.2) is 47.8 Å². The van der Waals surface area contributed by atoms with E-state index < -0.39 is 0 Å². The summed E-state index contributed by atoms with van der Waals surface area (Å²) in [6.07, 6.45) is 2.37. The Bertz CT molecular complexity index is 582. The molecule has 2 heterocycles. The zero-order valence-corrected chi connectivity index (χ0v) is 13.1. The van der Waals surface area contributed by atoms with E-state index >= 15 is 0 Å². The molecular formula is C17H22FN3O2. The molecule has 1 atom stereocenters. The average Bonchev–Trinajstić information content (AvgIpc) is 2.49. The van der Waals surface area contributed by atoms with Gasteiger partial charge in [-0.05, 0) is 50.0 Å². The zero-order chi connectivity index (χ0) is 16.4. The minimum absolute atomic E-state index is 0.0580. The van der Waals surface area contributed by atoms with E-state index in [2.05, 4.69) is 4.90 Å². The summed E-state index contributed by atoms with van der Waals surface area (Å²) < 4.78 is 13.0. The van der Waals surface area contributed by atoms with E-state index in [0.717, 1.165) is 44.5 Å². The molecule has 0 bridgehead atoms. The molecule has 2 amide bonds. The molecule has 2 saturated heterocycles. The Morgan fingerprint density at radius 2 is 1.74 bits per heavy atom. The van der Waals surface area contributed by atoms with Crippen LogP contribution in [0.4, 0.5) is 4.39 Å². The van der Waals surface area contributed by atoms with Gasteiger partial charge in [0.25, 0.3) is 0 Å². The first-order valence-electron chi connectivity index (χ1n) is 8.11. The third-order valence-electron chi connectivity index (χ3n) is 4.94. The molecule has 0 aliphatic carbocycles. The normalized spacial score (nSPS) is 22.7. The third kappa shape index (κ3) is 3.52. The van der Waals surface area contributed by atoms with E-state index in [1.165, 1.54) is 12.1 Å². The van der Waals surface area contributed by atoms with Gasteiger partial charge in [-0.3, -0.25) is 14.5 Å². The average molecular weight is 319 g/mol. The van der Waals surface area contributed by atoms with Gasteiger partial charge in [-0.15, -0.1) is 0 Å².